The molecular formula is C19H31NO3. The molecule has 3 aliphatic rings. The number of hydrogen-bond acceptors (Lipinski definition) is 3. The predicted octanol–water partition coefficient (Wildman–Crippen LogP) is 3.68. The first-order valence-electron chi connectivity index (χ1n) is 9.61. The van der Waals surface area contributed by atoms with Crippen LogP contribution in [0.1, 0.15) is 77.0 Å². The number of carbonyl (C=O) groups is 2. The van der Waals surface area contributed by atoms with Crippen molar-refractivity contribution in [3.05, 3.63) is 0 Å². The zero-order valence-corrected chi connectivity index (χ0v) is 14.5. The topological polar surface area (TPSA) is 46.6 Å². The second-order valence-electron chi connectivity index (χ2n) is 7.67. The highest BCUT2D eigenvalue weighted by Crippen LogP contribution is 2.41. The third kappa shape index (κ3) is 3.56. The number of nitrogens with zero attached hydrogens (tertiary/aromatic N) is 1. The molecule has 1 amide bonds. The van der Waals surface area contributed by atoms with Gasteiger partial charge in [0.2, 0.25) is 5.91 Å². The Kier molecular flexibility index (Phi) is 5.60. The fourth-order valence-electron chi connectivity index (χ4n) is 5.23. The number of rotatable bonds is 4. The molecule has 1 heterocycles. The number of hydrogen-bond donors (Lipinski definition) is 0. The van der Waals surface area contributed by atoms with Crippen LogP contribution in [0.5, 0.6) is 0 Å². The molecule has 4 nitrogen and oxygen atoms in total. The molecule has 1 saturated heterocycles. The molecule has 0 aromatic rings. The largest absolute Gasteiger partial charge is 0.467 e. The van der Waals surface area contributed by atoms with Gasteiger partial charge in [-0.3, -0.25) is 4.79 Å². The molecule has 2 saturated carbocycles. The summed E-state index contributed by atoms with van der Waals surface area (Å²) in [7, 11) is 1.44. The van der Waals surface area contributed by atoms with E-state index in [2.05, 4.69) is 0 Å². The number of amides is 1. The van der Waals surface area contributed by atoms with Gasteiger partial charge in [-0.05, 0) is 43.9 Å². The third-order valence-corrected chi connectivity index (χ3v) is 6.32. The molecule has 0 aromatic carbocycles. The maximum absolute atomic E-state index is 12.6. The van der Waals surface area contributed by atoms with E-state index in [9.17, 15) is 9.59 Å². The highest BCUT2D eigenvalue weighted by atomic mass is 16.5. The van der Waals surface area contributed by atoms with Crippen molar-refractivity contribution >= 4 is 11.9 Å². The van der Waals surface area contributed by atoms with Crippen molar-refractivity contribution in [3.8, 4) is 0 Å². The summed E-state index contributed by atoms with van der Waals surface area (Å²) in [6.45, 7) is 0. The average Bonchev–Trinajstić information content (AvgIpc) is 2.98. The van der Waals surface area contributed by atoms with Crippen LogP contribution in [0.4, 0.5) is 0 Å². The van der Waals surface area contributed by atoms with Crippen molar-refractivity contribution in [1.82, 2.24) is 4.90 Å². The van der Waals surface area contributed by atoms with E-state index >= 15 is 0 Å². The highest BCUT2D eigenvalue weighted by Gasteiger charge is 2.46. The first-order valence-corrected chi connectivity index (χ1v) is 9.61. The van der Waals surface area contributed by atoms with Gasteiger partial charge in [0.1, 0.15) is 6.04 Å². The maximum atomic E-state index is 12.6. The molecule has 1 atom stereocenters. The standard InChI is InChI=1S/C19H31NO3/c1-23-19(22)16-12-13-17(21)20(16)18(14-8-4-2-5-9-14)15-10-6-3-7-11-15/h14-16,18H,2-13H2,1H3. The fourth-order valence-corrected chi connectivity index (χ4v) is 5.23. The summed E-state index contributed by atoms with van der Waals surface area (Å²) in [6.07, 6.45) is 13.8. The van der Waals surface area contributed by atoms with Crippen LogP contribution in [0.15, 0.2) is 0 Å². The van der Waals surface area contributed by atoms with Gasteiger partial charge in [-0.25, -0.2) is 4.79 Å². The second-order valence-corrected chi connectivity index (χ2v) is 7.67. The van der Waals surface area contributed by atoms with Gasteiger partial charge in [-0.2, -0.15) is 0 Å². The van der Waals surface area contributed by atoms with Crippen molar-refractivity contribution in [2.75, 3.05) is 7.11 Å². The Bertz CT molecular complexity index is 406. The van der Waals surface area contributed by atoms with Gasteiger partial charge in [0, 0.05) is 12.5 Å². The molecule has 3 fully saturated rings. The summed E-state index contributed by atoms with van der Waals surface area (Å²) in [5, 5.41) is 0. The molecule has 0 aromatic heterocycles. The predicted molar refractivity (Wildman–Crippen MR) is 88.8 cm³/mol. The van der Waals surface area contributed by atoms with Crippen molar-refractivity contribution in [2.24, 2.45) is 11.8 Å². The van der Waals surface area contributed by atoms with Crippen LogP contribution in [0.25, 0.3) is 0 Å². The van der Waals surface area contributed by atoms with Crippen molar-refractivity contribution in [2.45, 2.75) is 89.1 Å². The Morgan fingerprint density at radius 2 is 1.48 bits per heavy atom. The van der Waals surface area contributed by atoms with Crippen LogP contribution < -0.4 is 0 Å². The van der Waals surface area contributed by atoms with Crippen LogP contribution >= 0.6 is 0 Å². The third-order valence-electron chi connectivity index (χ3n) is 6.32. The minimum atomic E-state index is -0.332. The summed E-state index contributed by atoms with van der Waals surface area (Å²) < 4.78 is 5.00. The van der Waals surface area contributed by atoms with Gasteiger partial charge in [-0.15, -0.1) is 0 Å². The van der Waals surface area contributed by atoms with Crippen molar-refractivity contribution in [1.29, 1.82) is 0 Å². The lowest BCUT2D eigenvalue weighted by Gasteiger charge is -2.44. The Morgan fingerprint density at radius 1 is 0.957 bits per heavy atom. The van der Waals surface area contributed by atoms with E-state index in [1.807, 2.05) is 4.90 Å². The second kappa shape index (κ2) is 7.67. The van der Waals surface area contributed by atoms with E-state index in [4.69, 9.17) is 4.74 Å². The van der Waals surface area contributed by atoms with Crippen LogP contribution in [-0.2, 0) is 14.3 Å². The molecule has 1 aliphatic heterocycles. The zero-order valence-electron chi connectivity index (χ0n) is 14.5. The van der Waals surface area contributed by atoms with Crippen LogP contribution in [0, 0.1) is 11.8 Å². The quantitative estimate of drug-likeness (QED) is 0.742. The average molecular weight is 321 g/mol. The number of likely N-dealkylation sites (tertiary alicyclic amines) is 1. The monoisotopic (exact) mass is 321 g/mol. The Labute approximate surface area is 139 Å². The lowest BCUT2D eigenvalue weighted by atomic mass is 9.73. The Balaban J connectivity index is 1.85. The molecule has 1 unspecified atom stereocenters. The van der Waals surface area contributed by atoms with Gasteiger partial charge >= 0.3 is 5.97 Å². The molecule has 2 aliphatic carbocycles. The number of ether oxygens (including phenoxy) is 1. The normalized spacial score (nSPS) is 27.7. The van der Waals surface area contributed by atoms with Gasteiger partial charge in [0.15, 0.2) is 0 Å². The zero-order chi connectivity index (χ0) is 16.2. The lowest BCUT2D eigenvalue weighted by molar-refractivity contribution is -0.153. The van der Waals surface area contributed by atoms with Crippen molar-refractivity contribution in [3.63, 3.8) is 0 Å². The van der Waals surface area contributed by atoms with Crippen LogP contribution in [0.2, 0.25) is 0 Å². The molecule has 3 rings (SSSR count). The fraction of sp³-hybridized carbons (Fsp3) is 0.895. The molecule has 0 spiro atoms. The highest BCUT2D eigenvalue weighted by molar-refractivity contribution is 5.88. The van der Waals surface area contributed by atoms with Crippen LogP contribution in [-0.4, -0.2) is 36.0 Å². The van der Waals surface area contributed by atoms with E-state index in [0.717, 1.165) is 0 Å². The summed E-state index contributed by atoms with van der Waals surface area (Å²) in [4.78, 5) is 26.9. The Hall–Kier alpha value is -1.06. The van der Waals surface area contributed by atoms with E-state index in [1.165, 1.54) is 71.3 Å². The molecule has 0 N–H and O–H groups in total. The van der Waals surface area contributed by atoms with Gasteiger partial charge in [-0.1, -0.05) is 38.5 Å². The van der Waals surface area contributed by atoms with E-state index in [-0.39, 0.29) is 24.0 Å². The molecule has 130 valence electrons. The molecule has 4 heteroatoms. The summed E-state index contributed by atoms with van der Waals surface area (Å²) in [5.41, 5.74) is 0. The smallest absolute Gasteiger partial charge is 0.328 e. The lowest BCUT2D eigenvalue weighted by Crippen LogP contribution is -2.53. The van der Waals surface area contributed by atoms with Crippen LogP contribution in [0.3, 0.4) is 0 Å². The van der Waals surface area contributed by atoms with E-state index in [1.54, 1.807) is 0 Å². The number of methoxy groups -OCH3 is 1. The Morgan fingerprint density at radius 3 is 1.96 bits per heavy atom. The summed E-state index contributed by atoms with van der Waals surface area (Å²) >= 11 is 0. The van der Waals surface area contributed by atoms with E-state index < -0.39 is 0 Å². The molecule has 0 radical (unpaired) electrons. The summed E-state index contributed by atoms with van der Waals surface area (Å²) in [5.74, 6) is 1.14. The van der Waals surface area contributed by atoms with Crippen molar-refractivity contribution < 1.29 is 14.3 Å². The molecular weight excluding hydrogens is 290 g/mol. The first kappa shape index (κ1) is 16.8. The number of esters is 1. The SMILES string of the molecule is COC(=O)C1CCC(=O)N1C(C1CCCCC1)C1CCCCC1. The number of carbonyl (C=O) groups excluding carboxylic acids is 2. The molecule has 0 bridgehead atoms. The van der Waals surface area contributed by atoms with Gasteiger partial charge < -0.3 is 9.64 Å². The van der Waals surface area contributed by atoms with Gasteiger partial charge in [0.25, 0.3) is 0 Å². The molecule has 23 heavy (non-hydrogen) atoms. The van der Waals surface area contributed by atoms with E-state index in [0.29, 0.717) is 24.7 Å². The minimum Gasteiger partial charge on any atom is -0.467 e. The minimum absolute atomic E-state index is 0.182. The summed E-state index contributed by atoms with van der Waals surface area (Å²) in [6, 6.07) is -0.0592. The van der Waals surface area contributed by atoms with Gasteiger partial charge in [0.05, 0.1) is 7.11 Å². The first-order chi connectivity index (χ1) is 11.2. The maximum Gasteiger partial charge on any atom is 0.328 e.